The number of hydrogen-bond donors (Lipinski definition) is 1. The Balaban J connectivity index is 2.28. The third-order valence-electron chi connectivity index (χ3n) is 3.16. The normalized spacial score (nSPS) is 17.4. The maximum Gasteiger partial charge on any atom is 0.275 e. The van der Waals surface area contributed by atoms with Crippen molar-refractivity contribution >= 4 is 11.4 Å². The summed E-state index contributed by atoms with van der Waals surface area (Å²) in [5, 5.41) is 20.2. The molecule has 1 aliphatic heterocycles. The number of nitro benzene ring substituents is 1. The molecule has 0 radical (unpaired) electrons. The molecule has 18 heavy (non-hydrogen) atoms. The summed E-state index contributed by atoms with van der Waals surface area (Å²) in [6, 6.07) is 1.36. The van der Waals surface area contributed by atoms with Crippen LogP contribution >= 0.6 is 0 Å². The summed E-state index contributed by atoms with van der Waals surface area (Å²) < 4.78 is 27.3. The number of β-amino-alcohol motifs (C(OH)–C–C–N with tert-alkyl or cyclic N) is 1. The van der Waals surface area contributed by atoms with Crippen LogP contribution in [0.2, 0.25) is 0 Å². The summed E-state index contributed by atoms with van der Waals surface area (Å²) >= 11 is 0. The third-order valence-corrected chi connectivity index (χ3v) is 3.16. The zero-order chi connectivity index (χ0) is 13.5. The van der Waals surface area contributed by atoms with Gasteiger partial charge >= 0.3 is 0 Å². The Morgan fingerprint density at radius 3 is 2.33 bits per heavy atom. The molecule has 0 bridgehead atoms. The van der Waals surface area contributed by atoms with Gasteiger partial charge < -0.3 is 10.0 Å². The van der Waals surface area contributed by atoms with Crippen LogP contribution in [-0.2, 0) is 0 Å². The molecule has 0 aromatic heterocycles. The van der Waals surface area contributed by atoms with Crippen LogP contribution in [-0.4, -0.2) is 28.7 Å². The number of nitrogens with zero attached hydrogens (tertiary/aromatic N) is 2. The molecule has 0 amide bonds. The van der Waals surface area contributed by atoms with Crippen molar-refractivity contribution in [3.63, 3.8) is 0 Å². The number of non-ortho nitro benzene ring substituents is 1. The van der Waals surface area contributed by atoms with Gasteiger partial charge in [0.2, 0.25) is 0 Å². The van der Waals surface area contributed by atoms with Gasteiger partial charge in [0.1, 0.15) is 5.69 Å². The summed E-state index contributed by atoms with van der Waals surface area (Å²) in [4.78, 5) is 10.9. The van der Waals surface area contributed by atoms with E-state index in [-0.39, 0.29) is 18.8 Å². The molecule has 1 saturated heterocycles. The molecule has 98 valence electrons. The summed E-state index contributed by atoms with van der Waals surface area (Å²) in [5.74, 6) is -1.97. The fraction of sp³-hybridized carbons (Fsp3) is 0.455. The number of nitro groups is 1. The van der Waals surface area contributed by atoms with Gasteiger partial charge in [-0.25, -0.2) is 8.78 Å². The average molecular weight is 258 g/mol. The first kappa shape index (κ1) is 12.7. The quantitative estimate of drug-likeness (QED) is 0.663. The summed E-state index contributed by atoms with van der Waals surface area (Å²) in [5.41, 5.74) is -1.88. The van der Waals surface area contributed by atoms with Gasteiger partial charge in [-0.05, 0) is 6.42 Å². The highest BCUT2D eigenvalue weighted by Crippen LogP contribution is 2.35. The monoisotopic (exact) mass is 258 g/mol. The number of anilines is 1. The van der Waals surface area contributed by atoms with E-state index in [0.29, 0.717) is 18.6 Å². The highest BCUT2D eigenvalue weighted by atomic mass is 19.1. The second-order valence-corrected chi connectivity index (χ2v) is 4.45. The van der Waals surface area contributed by atoms with Crippen LogP contribution in [0.5, 0.6) is 0 Å². The SMILES string of the molecule is CCC1(O)CN(c2c(F)cc([N+](=O)[O-])cc2F)C1. The zero-order valence-corrected chi connectivity index (χ0v) is 9.69. The Hall–Kier alpha value is -1.76. The van der Waals surface area contributed by atoms with Crippen LogP contribution in [0.4, 0.5) is 20.2 Å². The molecule has 1 aromatic rings. The maximum atomic E-state index is 13.6. The number of rotatable bonds is 3. The van der Waals surface area contributed by atoms with Crippen molar-refractivity contribution in [3.05, 3.63) is 33.9 Å². The largest absolute Gasteiger partial charge is 0.386 e. The minimum absolute atomic E-state index is 0.120. The molecule has 0 unspecified atom stereocenters. The molecule has 0 saturated carbocycles. The molecular weight excluding hydrogens is 246 g/mol. The minimum atomic E-state index is -0.986. The molecule has 2 rings (SSSR count). The van der Waals surface area contributed by atoms with Gasteiger partial charge in [0.25, 0.3) is 5.69 Å². The molecule has 0 spiro atoms. The van der Waals surface area contributed by atoms with Gasteiger partial charge in [0, 0.05) is 13.1 Å². The number of hydrogen-bond acceptors (Lipinski definition) is 4. The average Bonchev–Trinajstić information content (AvgIpc) is 2.25. The molecule has 5 nitrogen and oxygen atoms in total. The fourth-order valence-corrected chi connectivity index (χ4v) is 2.01. The van der Waals surface area contributed by atoms with Crippen molar-refractivity contribution < 1.29 is 18.8 Å². The Morgan fingerprint density at radius 1 is 1.44 bits per heavy atom. The van der Waals surface area contributed by atoms with Crippen molar-refractivity contribution in [1.29, 1.82) is 0 Å². The highest BCUT2D eigenvalue weighted by molar-refractivity contribution is 5.56. The van der Waals surface area contributed by atoms with Crippen LogP contribution in [0.15, 0.2) is 12.1 Å². The molecule has 1 fully saturated rings. The molecule has 7 heteroatoms. The Bertz CT molecular complexity index is 478. The van der Waals surface area contributed by atoms with Crippen LogP contribution < -0.4 is 4.90 Å². The lowest BCUT2D eigenvalue weighted by Gasteiger charge is -2.47. The molecule has 0 atom stereocenters. The Labute approximate surface area is 102 Å². The summed E-state index contributed by atoms with van der Waals surface area (Å²) in [6.07, 6.45) is 0.486. The standard InChI is InChI=1S/C11H12F2N2O3/c1-2-11(16)5-14(6-11)10-8(12)3-7(15(17)18)4-9(10)13/h3-4,16H,2,5-6H2,1H3. The van der Waals surface area contributed by atoms with E-state index in [9.17, 15) is 24.0 Å². The minimum Gasteiger partial charge on any atom is -0.386 e. The van der Waals surface area contributed by atoms with E-state index in [4.69, 9.17) is 0 Å². The highest BCUT2D eigenvalue weighted by Gasteiger charge is 2.41. The van der Waals surface area contributed by atoms with E-state index in [1.165, 1.54) is 4.90 Å². The van der Waals surface area contributed by atoms with Crippen LogP contribution in [0, 0.1) is 21.7 Å². The van der Waals surface area contributed by atoms with E-state index in [2.05, 4.69) is 0 Å². The predicted molar refractivity (Wildman–Crippen MR) is 60.5 cm³/mol. The van der Waals surface area contributed by atoms with E-state index in [0.717, 1.165) is 0 Å². The summed E-state index contributed by atoms with van der Waals surface area (Å²) in [7, 11) is 0. The zero-order valence-electron chi connectivity index (χ0n) is 9.69. The van der Waals surface area contributed by atoms with Gasteiger partial charge in [-0.3, -0.25) is 10.1 Å². The second kappa shape index (κ2) is 4.16. The summed E-state index contributed by atoms with van der Waals surface area (Å²) in [6.45, 7) is 2.02. The second-order valence-electron chi connectivity index (χ2n) is 4.45. The van der Waals surface area contributed by atoms with E-state index in [1.807, 2.05) is 0 Å². The van der Waals surface area contributed by atoms with Crippen molar-refractivity contribution in [2.75, 3.05) is 18.0 Å². The first-order valence-electron chi connectivity index (χ1n) is 5.47. The fourth-order valence-electron chi connectivity index (χ4n) is 2.01. The Kier molecular flexibility index (Phi) is 2.94. The molecule has 1 aliphatic rings. The molecule has 1 N–H and O–H groups in total. The van der Waals surface area contributed by atoms with Crippen molar-refractivity contribution in [3.8, 4) is 0 Å². The molecule has 1 aromatic carbocycles. The number of halogens is 2. The Morgan fingerprint density at radius 2 is 1.94 bits per heavy atom. The van der Waals surface area contributed by atoms with E-state index < -0.39 is 27.8 Å². The van der Waals surface area contributed by atoms with E-state index in [1.54, 1.807) is 6.92 Å². The van der Waals surface area contributed by atoms with E-state index >= 15 is 0 Å². The first-order valence-corrected chi connectivity index (χ1v) is 5.47. The molecular formula is C11H12F2N2O3. The topological polar surface area (TPSA) is 66.6 Å². The van der Waals surface area contributed by atoms with Crippen molar-refractivity contribution in [2.24, 2.45) is 0 Å². The number of aliphatic hydroxyl groups is 1. The molecule has 1 heterocycles. The third kappa shape index (κ3) is 2.01. The molecule has 0 aliphatic carbocycles. The lowest BCUT2D eigenvalue weighted by Crippen LogP contribution is -2.62. The van der Waals surface area contributed by atoms with Gasteiger partial charge in [0.15, 0.2) is 11.6 Å². The van der Waals surface area contributed by atoms with Gasteiger partial charge in [-0.15, -0.1) is 0 Å². The van der Waals surface area contributed by atoms with Crippen molar-refractivity contribution in [2.45, 2.75) is 18.9 Å². The van der Waals surface area contributed by atoms with Crippen molar-refractivity contribution in [1.82, 2.24) is 0 Å². The van der Waals surface area contributed by atoms with Gasteiger partial charge in [-0.1, -0.05) is 6.92 Å². The van der Waals surface area contributed by atoms with Gasteiger partial charge in [-0.2, -0.15) is 0 Å². The van der Waals surface area contributed by atoms with Crippen LogP contribution in [0.25, 0.3) is 0 Å². The van der Waals surface area contributed by atoms with Gasteiger partial charge in [0.05, 0.1) is 22.7 Å². The lowest BCUT2D eigenvalue weighted by atomic mass is 9.90. The van der Waals surface area contributed by atoms with Crippen LogP contribution in [0.1, 0.15) is 13.3 Å². The predicted octanol–water partition coefficient (Wildman–Crippen LogP) is 1.83. The number of benzene rings is 1. The first-order chi connectivity index (χ1) is 8.36. The lowest BCUT2D eigenvalue weighted by molar-refractivity contribution is -0.385. The smallest absolute Gasteiger partial charge is 0.275 e. The maximum absolute atomic E-state index is 13.6. The van der Waals surface area contributed by atoms with Crippen LogP contribution in [0.3, 0.4) is 0 Å².